The Balaban J connectivity index is 2.80. The van der Waals surface area contributed by atoms with Crippen molar-refractivity contribution in [3.05, 3.63) is 38.6 Å². The molecule has 2 rings (SSSR count). The third kappa shape index (κ3) is 1.40. The first-order chi connectivity index (χ1) is 6.59. The summed E-state index contributed by atoms with van der Waals surface area (Å²) in [6.45, 7) is 0. The summed E-state index contributed by atoms with van der Waals surface area (Å²) in [5.74, 6) is -0.753. The number of fused-ring (bicyclic) bond motifs is 1. The smallest absolute Gasteiger partial charge is 0.257 e. The third-order valence-electron chi connectivity index (χ3n) is 1.74. The van der Waals surface area contributed by atoms with E-state index in [1.807, 2.05) is 0 Å². The van der Waals surface area contributed by atoms with Crippen LogP contribution in [0, 0.1) is 15.9 Å². The Bertz CT molecular complexity index is 525. The second-order valence-electron chi connectivity index (χ2n) is 2.62. The highest BCUT2D eigenvalue weighted by atomic mass is 79.9. The van der Waals surface area contributed by atoms with Gasteiger partial charge in [0.05, 0.1) is 4.92 Å². The van der Waals surface area contributed by atoms with Crippen molar-refractivity contribution in [2.75, 3.05) is 0 Å². The van der Waals surface area contributed by atoms with Crippen LogP contribution in [-0.4, -0.2) is 4.92 Å². The van der Waals surface area contributed by atoms with Gasteiger partial charge in [-0.25, -0.2) is 0 Å². The van der Waals surface area contributed by atoms with Crippen molar-refractivity contribution in [1.29, 1.82) is 0 Å². The summed E-state index contributed by atoms with van der Waals surface area (Å²) >= 11 is 4.03. The predicted octanol–water partition coefficient (Wildman–Crippen LogP) is 3.71. The molecule has 14 heavy (non-hydrogen) atoms. The monoisotopic (exact) mass is 275 g/mol. The maximum absolute atomic E-state index is 13.4. The second-order valence-corrected chi connectivity index (χ2v) is 4.57. The standard InChI is InChI=1S/C8H3BrFNO2S/c9-4-1-2-6-5(3-4)7(10)8(14-6)11(12)13/h1-3H. The fourth-order valence-electron chi connectivity index (χ4n) is 1.14. The van der Waals surface area contributed by atoms with Crippen molar-refractivity contribution in [3.63, 3.8) is 0 Å². The first-order valence-electron chi connectivity index (χ1n) is 3.61. The molecule has 6 heteroatoms. The number of nitro groups is 1. The molecule has 1 heterocycles. The molecule has 0 N–H and O–H groups in total. The molecule has 0 bridgehead atoms. The van der Waals surface area contributed by atoms with Crippen LogP contribution in [0.15, 0.2) is 22.7 Å². The molecule has 0 aliphatic carbocycles. The highest BCUT2D eigenvalue weighted by molar-refractivity contribution is 9.10. The van der Waals surface area contributed by atoms with Crippen LogP contribution in [0.5, 0.6) is 0 Å². The first kappa shape index (κ1) is 9.54. The van der Waals surface area contributed by atoms with E-state index in [9.17, 15) is 14.5 Å². The summed E-state index contributed by atoms with van der Waals surface area (Å²) in [6, 6.07) is 4.91. The molecule has 1 aromatic heterocycles. The van der Waals surface area contributed by atoms with Gasteiger partial charge in [-0.15, -0.1) is 0 Å². The second kappa shape index (κ2) is 3.29. The minimum Gasteiger partial charge on any atom is -0.257 e. The average molecular weight is 276 g/mol. The molecular formula is C8H3BrFNO2S. The largest absolute Gasteiger partial charge is 0.360 e. The van der Waals surface area contributed by atoms with Crippen LogP contribution in [0.4, 0.5) is 9.39 Å². The molecule has 0 unspecified atom stereocenters. The van der Waals surface area contributed by atoms with Crippen LogP contribution >= 0.6 is 27.3 Å². The maximum Gasteiger partial charge on any atom is 0.360 e. The van der Waals surface area contributed by atoms with Gasteiger partial charge >= 0.3 is 5.00 Å². The number of halogens is 2. The zero-order chi connectivity index (χ0) is 10.3. The van der Waals surface area contributed by atoms with Gasteiger partial charge in [0.2, 0.25) is 5.82 Å². The van der Waals surface area contributed by atoms with Crippen molar-refractivity contribution in [3.8, 4) is 0 Å². The maximum atomic E-state index is 13.4. The van der Waals surface area contributed by atoms with Gasteiger partial charge in [-0.1, -0.05) is 27.3 Å². The number of benzene rings is 1. The summed E-state index contributed by atoms with van der Waals surface area (Å²) in [5, 5.41) is 10.3. The Morgan fingerprint density at radius 3 is 2.86 bits per heavy atom. The van der Waals surface area contributed by atoms with E-state index < -0.39 is 15.7 Å². The SMILES string of the molecule is O=[N+]([O-])c1sc2ccc(Br)cc2c1F. The Morgan fingerprint density at radius 1 is 1.50 bits per heavy atom. The number of rotatable bonds is 1. The van der Waals surface area contributed by atoms with E-state index in [0.717, 1.165) is 11.3 Å². The van der Waals surface area contributed by atoms with Crippen molar-refractivity contribution < 1.29 is 9.31 Å². The first-order valence-corrected chi connectivity index (χ1v) is 5.22. The Labute approximate surface area is 90.4 Å². The van der Waals surface area contributed by atoms with Gasteiger partial charge in [-0.2, -0.15) is 4.39 Å². The van der Waals surface area contributed by atoms with E-state index in [1.54, 1.807) is 12.1 Å². The van der Waals surface area contributed by atoms with Gasteiger partial charge in [0.25, 0.3) is 0 Å². The molecule has 0 saturated carbocycles. The van der Waals surface area contributed by atoms with Crippen LogP contribution in [0.1, 0.15) is 0 Å². The van der Waals surface area contributed by atoms with E-state index in [4.69, 9.17) is 0 Å². The Hall–Kier alpha value is -1.01. The highest BCUT2D eigenvalue weighted by Crippen LogP contribution is 2.36. The molecule has 2 aromatic rings. The molecule has 0 aliphatic heterocycles. The number of hydrogen-bond donors (Lipinski definition) is 0. The molecule has 3 nitrogen and oxygen atoms in total. The van der Waals surface area contributed by atoms with Crippen molar-refractivity contribution in [2.45, 2.75) is 0 Å². The normalized spacial score (nSPS) is 10.7. The van der Waals surface area contributed by atoms with Gasteiger partial charge in [0, 0.05) is 14.6 Å². The molecule has 1 aromatic carbocycles. The third-order valence-corrected chi connectivity index (χ3v) is 3.33. The van der Waals surface area contributed by atoms with Gasteiger partial charge in [-0.05, 0) is 18.2 Å². The summed E-state index contributed by atoms with van der Waals surface area (Å²) < 4.78 is 14.7. The number of thiophene rings is 1. The van der Waals surface area contributed by atoms with E-state index in [2.05, 4.69) is 15.9 Å². The zero-order valence-corrected chi connectivity index (χ0v) is 9.06. The Morgan fingerprint density at radius 2 is 2.21 bits per heavy atom. The number of nitrogens with zero attached hydrogens (tertiary/aromatic N) is 1. The fraction of sp³-hybridized carbons (Fsp3) is 0. The molecule has 0 spiro atoms. The van der Waals surface area contributed by atoms with Crippen molar-refractivity contribution >= 4 is 42.4 Å². The minimum absolute atomic E-state index is 0.288. The van der Waals surface area contributed by atoms with E-state index in [-0.39, 0.29) is 5.39 Å². The Kier molecular flexibility index (Phi) is 2.24. The number of hydrogen-bond acceptors (Lipinski definition) is 3. The van der Waals surface area contributed by atoms with Gasteiger partial charge < -0.3 is 0 Å². The lowest BCUT2D eigenvalue weighted by molar-refractivity contribution is -0.382. The summed E-state index contributed by atoms with van der Waals surface area (Å²) in [6.07, 6.45) is 0. The molecule has 0 atom stereocenters. The van der Waals surface area contributed by atoms with Gasteiger partial charge in [0.15, 0.2) is 0 Å². The summed E-state index contributed by atoms with van der Waals surface area (Å²) in [7, 11) is 0. The van der Waals surface area contributed by atoms with Crippen molar-refractivity contribution in [2.24, 2.45) is 0 Å². The van der Waals surface area contributed by atoms with Gasteiger partial charge in [0.1, 0.15) is 0 Å². The van der Waals surface area contributed by atoms with E-state index in [1.165, 1.54) is 6.07 Å². The van der Waals surface area contributed by atoms with Crippen LogP contribution < -0.4 is 0 Å². The van der Waals surface area contributed by atoms with Crippen molar-refractivity contribution in [1.82, 2.24) is 0 Å². The van der Waals surface area contributed by atoms with Crippen LogP contribution in [0.3, 0.4) is 0 Å². The lowest BCUT2D eigenvalue weighted by Gasteiger charge is -1.89. The van der Waals surface area contributed by atoms with E-state index in [0.29, 0.717) is 9.17 Å². The summed E-state index contributed by atoms with van der Waals surface area (Å²) in [4.78, 5) is 9.74. The molecular weight excluding hydrogens is 273 g/mol. The van der Waals surface area contributed by atoms with Crippen LogP contribution in [0.2, 0.25) is 0 Å². The highest BCUT2D eigenvalue weighted by Gasteiger charge is 2.21. The minimum atomic E-state index is -0.753. The molecule has 0 radical (unpaired) electrons. The lowest BCUT2D eigenvalue weighted by atomic mass is 10.2. The predicted molar refractivity (Wildman–Crippen MR) is 56.1 cm³/mol. The van der Waals surface area contributed by atoms with Gasteiger partial charge in [-0.3, -0.25) is 10.1 Å². The van der Waals surface area contributed by atoms with Crippen LogP contribution in [0.25, 0.3) is 10.1 Å². The zero-order valence-electron chi connectivity index (χ0n) is 6.66. The lowest BCUT2D eigenvalue weighted by Crippen LogP contribution is -1.85. The summed E-state index contributed by atoms with van der Waals surface area (Å²) in [5.41, 5.74) is 0. The molecule has 0 saturated heterocycles. The van der Waals surface area contributed by atoms with E-state index >= 15 is 0 Å². The molecule has 0 aliphatic rings. The quantitative estimate of drug-likeness (QED) is 0.588. The molecule has 0 amide bonds. The fourth-order valence-corrected chi connectivity index (χ4v) is 2.38. The molecule has 0 fully saturated rings. The molecule has 72 valence electrons. The van der Waals surface area contributed by atoms with Crippen LogP contribution in [-0.2, 0) is 0 Å². The average Bonchev–Trinajstić information content (AvgIpc) is 2.44. The topological polar surface area (TPSA) is 43.1 Å².